The first-order valence-corrected chi connectivity index (χ1v) is 10.5. The number of hydrogen-bond donors (Lipinski definition) is 2. The number of amides is 1. The largest absolute Gasteiger partial charge is 0.354 e. The Morgan fingerprint density at radius 1 is 1.40 bits per heavy atom. The molecule has 1 aliphatic heterocycles. The number of aromatic nitrogens is 2. The third-order valence-electron chi connectivity index (χ3n) is 4.59. The molecular weight excluding hydrogens is 366 g/mol. The molecule has 0 bridgehead atoms. The van der Waals surface area contributed by atoms with E-state index < -0.39 is 10.0 Å². The molecule has 1 amide bonds. The summed E-state index contributed by atoms with van der Waals surface area (Å²) in [5.74, 6) is 0.0707. The molecular formula is C15H26ClN5O3S. The summed E-state index contributed by atoms with van der Waals surface area (Å²) in [6.45, 7) is 3.07. The highest BCUT2D eigenvalue weighted by Gasteiger charge is 2.32. The molecule has 0 saturated carbocycles. The monoisotopic (exact) mass is 391 g/mol. The van der Waals surface area contributed by atoms with Gasteiger partial charge in [-0.3, -0.25) is 14.4 Å². The molecule has 0 unspecified atom stereocenters. The lowest BCUT2D eigenvalue weighted by Crippen LogP contribution is -2.42. The number of rotatable bonds is 9. The number of nitrogens with one attached hydrogen (secondary N) is 2. The molecule has 2 rings (SSSR count). The maximum atomic E-state index is 12.1. The second kappa shape index (κ2) is 8.98. The van der Waals surface area contributed by atoms with Crippen LogP contribution >= 0.6 is 11.6 Å². The average molecular weight is 392 g/mol. The van der Waals surface area contributed by atoms with Crippen LogP contribution in [0.5, 0.6) is 0 Å². The van der Waals surface area contributed by atoms with Crippen LogP contribution in [-0.4, -0.2) is 67.0 Å². The Morgan fingerprint density at radius 3 is 2.76 bits per heavy atom. The Hall–Kier alpha value is -1.16. The molecule has 0 spiro atoms. The molecule has 1 fully saturated rings. The number of halogens is 1. The van der Waals surface area contributed by atoms with Crippen LogP contribution < -0.4 is 10.0 Å². The maximum Gasteiger partial charge on any atom is 0.221 e. The molecule has 2 N–H and O–H groups in total. The summed E-state index contributed by atoms with van der Waals surface area (Å²) in [4.78, 5) is 14.2. The summed E-state index contributed by atoms with van der Waals surface area (Å²) >= 11 is 5.79. The van der Waals surface area contributed by atoms with Crippen molar-refractivity contribution in [2.75, 3.05) is 25.9 Å². The Bertz CT molecular complexity index is 678. The number of likely N-dealkylation sites (N-methyl/N-ethyl adjacent to an activating group) is 1. The summed E-state index contributed by atoms with van der Waals surface area (Å²) in [5, 5.41) is 7.51. The third kappa shape index (κ3) is 6.25. The van der Waals surface area contributed by atoms with E-state index in [1.54, 1.807) is 24.0 Å². The lowest BCUT2D eigenvalue weighted by atomic mass is 10.1. The average Bonchev–Trinajstić information content (AvgIpc) is 3.12. The van der Waals surface area contributed by atoms with Crippen molar-refractivity contribution in [2.24, 2.45) is 0 Å². The zero-order valence-electron chi connectivity index (χ0n) is 14.6. The summed E-state index contributed by atoms with van der Waals surface area (Å²) in [5.41, 5.74) is 0. The van der Waals surface area contributed by atoms with Crippen LogP contribution in [0.15, 0.2) is 12.4 Å². The van der Waals surface area contributed by atoms with E-state index in [4.69, 9.17) is 11.6 Å². The Kier molecular flexibility index (Phi) is 7.24. The number of nitrogens with zero attached hydrogens (tertiary/aromatic N) is 3. The van der Waals surface area contributed by atoms with E-state index in [0.29, 0.717) is 31.1 Å². The van der Waals surface area contributed by atoms with Crippen LogP contribution in [-0.2, 0) is 21.4 Å². The van der Waals surface area contributed by atoms with E-state index in [0.717, 1.165) is 12.8 Å². The van der Waals surface area contributed by atoms with Gasteiger partial charge in [0.1, 0.15) is 0 Å². The van der Waals surface area contributed by atoms with E-state index in [1.165, 1.54) is 0 Å². The second-order valence-electron chi connectivity index (χ2n) is 6.28. The molecule has 10 heteroatoms. The number of sulfonamides is 1. The molecule has 1 aliphatic rings. The molecule has 8 nitrogen and oxygen atoms in total. The molecule has 0 aliphatic carbocycles. The molecule has 2 heterocycles. The van der Waals surface area contributed by atoms with Crippen LogP contribution in [0.25, 0.3) is 0 Å². The normalized spacial score (nSPS) is 21.6. The predicted octanol–water partition coefficient (Wildman–Crippen LogP) is 0.445. The minimum atomic E-state index is -3.18. The highest BCUT2D eigenvalue weighted by atomic mass is 35.5. The maximum absolute atomic E-state index is 12.1. The van der Waals surface area contributed by atoms with Crippen molar-refractivity contribution in [1.82, 2.24) is 24.7 Å². The Morgan fingerprint density at radius 2 is 2.12 bits per heavy atom. The molecule has 25 heavy (non-hydrogen) atoms. The number of carbonyl (C=O) groups is 1. The zero-order chi connectivity index (χ0) is 18.4. The Balaban J connectivity index is 1.70. The van der Waals surface area contributed by atoms with Crippen molar-refractivity contribution in [1.29, 1.82) is 0 Å². The first kappa shape index (κ1) is 20.2. The summed E-state index contributed by atoms with van der Waals surface area (Å²) in [6, 6.07) is 0.264. The van der Waals surface area contributed by atoms with Gasteiger partial charge in [-0.1, -0.05) is 11.6 Å². The molecule has 0 radical (unpaired) electrons. The van der Waals surface area contributed by atoms with Gasteiger partial charge in [-0.2, -0.15) is 5.10 Å². The third-order valence-corrected chi connectivity index (χ3v) is 6.15. The molecule has 1 aromatic rings. The lowest BCUT2D eigenvalue weighted by Gasteiger charge is -2.25. The summed E-state index contributed by atoms with van der Waals surface area (Å²) in [6.07, 6.45) is 5.45. The fourth-order valence-corrected chi connectivity index (χ4v) is 3.77. The van der Waals surface area contributed by atoms with E-state index in [1.807, 2.05) is 7.05 Å². The highest BCUT2D eigenvalue weighted by Crippen LogP contribution is 2.24. The minimum Gasteiger partial charge on any atom is -0.354 e. The van der Waals surface area contributed by atoms with Gasteiger partial charge in [0.15, 0.2) is 0 Å². The first-order valence-electron chi connectivity index (χ1n) is 8.44. The standard InChI is InChI=1S/C15H26ClN5O3S/c1-3-25(23,24)19-10-14-5-4-13(20(14)2)8-15(22)17-6-7-21-11-12(16)9-18-21/h9,11,13-14,19H,3-8,10H2,1-2H3,(H,17,22)/t13-,14+/m1/s1. The number of likely N-dealkylation sites (tertiary alicyclic amines) is 1. The smallest absolute Gasteiger partial charge is 0.221 e. The SMILES string of the molecule is CCS(=O)(=O)NC[C@@H]1CC[C@H](CC(=O)NCCn2cc(Cl)cn2)N1C. The quantitative estimate of drug-likeness (QED) is 0.637. The van der Waals surface area contributed by atoms with Crippen molar-refractivity contribution in [2.45, 2.75) is 44.8 Å². The van der Waals surface area contributed by atoms with E-state index in [2.05, 4.69) is 20.0 Å². The Labute approximate surface area is 153 Å². The van der Waals surface area contributed by atoms with Crippen LogP contribution in [0.4, 0.5) is 0 Å². The van der Waals surface area contributed by atoms with Gasteiger partial charge in [0, 0.05) is 37.8 Å². The van der Waals surface area contributed by atoms with Crippen LogP contribution in [0.2, 0.25) is 5.02 Å². The van der Waals surface area contributed by atoms with Gasteiger partial charge in [-0.25, -0.2) is 13.1 Å². The molecule has 2 atom stereocenters. The fourth-order valence-electron chi connectivity index (χ4n) is 2.96. The topological polar surface area (TPSA) is 96.3 Å². The van der Waals surface area contributed by atoms with Crippen LogP contribution in [0.1, 0.15) is 26.2 Å². The van der Waals surface area contributed by atoms with Gasteiger partial charge < -0.3 is 5.32 Å². The lowest BCUT2D eigenvalue weighted by molar-refractivity contribution is -0.122. The molecule has 1 saturated heterocycles. The molecule has 0 aromatic carbocycles. The van der Waals surface area contributed by atoms with Crippen molar-refractivity contribution < 1.29 is 13.2 Å². The zero-order valence-corrected chi connectivity index (χ0v) is 16.2. The van der Waals surface area contributed by atoms with Gasteiger partial charge in [-0.05, 0) is 26.8 Å². The summed E-state index contributed by atoms with van der Waals surface area (Å²) < 4.78 is 27.4. The van der Waals surface area contributed by atoms with Crippen LogP contribution in [0.3, 0.4) is 0 Å². The second-order valence-corrected chi connectivity index (χ2v) is 8.81. The van der Waals surface area contributed by atoms with Crippen molar-refractivity contribution >= 4 is 27.5 Å². The number of carbonyl (C=O) groups excluding carboxylic acids is 1. The highest BCUT2D eigenvalue weighted by molar-refractivity contribution is 7.89. The van der Waals surface area contributed by atoms with Crippen molar-refractivity contribution in [3.63, 3.8) is 0 Å². The van der Waals surface area contributed by atoms with Crippen molar-refractivity contribution in [3.8, 4) is 0 Å². The first-order chi connectivity index (χ1) is 11.8. The van der Waals surface area contributed by atoms with Gasteiger partial charge in [0.05, 0.1) is 23.5 Å². The minimum absolute atomic E-state index is 0.00936. The number of hydrogen-bond acceptors (Lipinski definition) is 5. The molecule has 1 aromatic heterocycles. The molecule has 142 valence electrons. The fraction of sp³-hybridized carbons (Fsp3) is 0.733. The van der Waals surface area contributed by atoms with Crippen molar-refractivity contribution in [3.05, 3.63) is 17.4 Å². The van der Waals surface area contributed by atoms with Gasteiger partial charge in [-0.15, -0.1) is 0 Å². The van der Waals surface area contributed by atoms with Crippen LogP contribution in [0, 0.1) is 0 Å². The van der Waals surface area contributed by atoms with Gasteiger partial charge in [0.2, 0.25) is 15.9 Å². The van der Waals surface area contributed by atoms with E-state index in [-0.39, 0.29) is 23.7 Å². The van der Waals surface area contributed by atoms with Gasteiger partial charge in [0.25, 0.3) is 0 Å². The van der Waals surface area contributed by atoms with E-state index in [9.17, 15) is 13.2 Å². The predicted molar refractivity (Wildman–Crippen MR) is 96.9 cm³/mol. The van der Waals surface area contributed by atoms with E-state index >= 15 is 0 Å². The summed E-state index contributed by atoms with van der Waals surface area (Å²) in [7, 11) is -1.24. The van der Waals surface area contributed by atoms with Gasteiger partial charge >= 0.3 is 0 Å².